The number of amides is 1. The predicted octanol–water partition coefficient (Wildman–Crippen LogP) is 3.83. The van der Waals surface area contributed by atoms with Gasteiger partial charge >= 0.3 is 0 Å². The van der Waals surface area contributed by atoms with Crippen LogP contribution < -0.4 is 21.3 Å². The van der Waals surface area contributed by atoms with Gasteiger partial charge in [-0.25, -0.2) is 9.37 Å². The summed E-state index contributed by atoms with van der Waals surface area (Å²) >= 11 is 0. The number of unbranched alkanes of at least 4 members (excludes halogenated alkanes) is 1. The summed E-state index contributed by atoms with van der Waals surface area (Å²) in [6.45, 7) is 2.33. The van der Waals surface area contributed by atoms with E-state index in [1.54, 1.807) is 56.6 Å². The molecule has 3 rings (SSSR count). The molecule has 0 radical (unpaired) electrons. The Kier molecular flexibility index (Phi) is 9.12. The van der Waals surface area contributed by atoms with E-state index in [9.17, 15) is 9.18 Å². The number of hydrogen-bond acceptors (Lipinski definition) is 7. The first-order valence-corrected chi connectivity index (χ1v) is 11.1. The lowest BCUT2D eigenvalue weighted by atomic mass is 10.2. The first-order chi connectivity index (χ1) is 17.0. The van der Waals surface area contributed by atoms with E-state index >= 15 is 0 Å². The Balaban J connectivity index is 1.72. The van der Waals surface area contributed by atoms with E-state index in [0.717, 1.165) is 5.69 Å². The molecule has 3 aromatic rings. The fraction of sp³-hybridized carbons (Fsp3) is 0.231. The SMILES string of the molecule is CN[C@@H](C)C(=O)NCCCC#Cc1cnc(Nc2ccc(C#N)cc2)nc1Nc1ccc(F)cc1. The molecule has 9 heteroatoms. The quantitative estimate of drug-likeness (QED) is 0.277. The minimum absolute atomic E-state index is 0.0509. The second-order valence-corrected chi connectivity index (χ2v) is 7.61. The van der Waals surface area contributed by atoms with E-state index in [1.807, 2.05) is 0 Å². The maximum absolute atomic E-state index is 13.3. The van der Waals surface area contributed by atoms with Crippen molar-refractivity contribution in [1.82, 2.24) is 20.6 Å². The minimum atomic E-state index is -0.336. The summed E-state index contributed by atoms with van der Waals surface area (Å²) in [7, 11) is 1.74. The topological polar surface area (TPSA) is 115 Å². The monoisotopic (exact) mass is 471 g/mol. The fourth-order valence-corrected chi connectivity index (χ4v) is 2.89. The number of nitrogens with zero attached hydrogens (tertiary/aromatic N) is 3. The molecule has 8 nitrogen and oxygen atoms in total. The van der Waals surface area contributed by atoms with Gasteiger partial charge in [0.05, 0.1) is 29.4 Å². The zero-order valence-electron chi connectivity index (χ0n) is 19.5. The molecule has 2 aromatic carbocycles. The molecule has 178 valence electrons. The lowest BCUT2D eigenvalue weighted by Crippen LogP contribution is -2.40. The lowest BCUT2D eigenvalue weighted by Gasteiger charge is -2.11. The molecule has 0 aliphatic rings. The van der Waals surface area contributed by atoms with Crippen LogP contribution in [0.25, 0.3) is 0 Å². The number of rotatable bonds is 9. The second kappa shape index (κ2) is 12.7. The van der Waals surface area contributed by atoms with Gasteiger partial charge < -0.3 is 21.3 Å². The number of nitriles is 1. The van der Waals surface area contributed by atoms with E-state index in [4.69, 9.17) is 5.26 Å². The van der Waals surface area contributed by atoms with Gasteiger partial charge in [0, 0.05) is 24.3 Å². The molecule has 0 aliphatic carbocycles. The van der Waals surface area contributed by atoms with Gasteiger partial charge in [0.15, 0.2) is 5.82 Å². The van der Waals surface area contributed by atoms with Crippen LogP contribution in [0.2, 0.25) is 0 Å². The first-order valence-electron chi connectivity index (χ1n) is 11.1. The standard InChI is InChI=1S/C26H26FN7O/c1-18(29-2)25(35)30-15-5-3-4-6-20-17-31-26(33-23-11-7-19(16-28)8-12-23)34-24(20)32-22-13-9-21(27)10-14-22/h7-14,17-18,29H,3,5,15H2,1-2H3,(H,30,35)(H2,31,32,33,34)/t18-/m0/s1. The van der Waals surface area contributed by atoms with Gasteiger partial charge in [-0.15, -0.1) is 0 Å². The molecule has 1 aromatic heterocycles. The van der Waals surface area contributed by atoms with Crippen LogP contribution in [0.1, 0.15) is 30.9 Å². The molecule has 0 spiro atoms. The molecular weight excluding hydrogens is 445 g/mol. The van der Waals surface area contributed by atoms with E-state index in [1.165, 1.54) is 12.1 Å². The Morgan fingerprint density at radius 1 is 1.09 bits per heavy atom. The number of halogens is 1. The number of hydrogen-bond donors (Lipinski definition) is 4. The Morgan fingerprint density at radius 2 is 1.77 bits per heavy atom. The Labute approximate surface area is 204 Å². The predicted molar refractivity (Wildman–Crippen MR) is 134 cm³/mol. The number of aromatic nitrogens is 2. The third-order valence-electron chi connectivity index (χ3n) is 4.99. The van der Waals surface area contributed by atoms with Crippen molar-refractivity contribution < 1.29 is 9.18 Å². The maximum atomic E-state index is 13.3. The van der Waals surface area contributed by atoms with Crippen LogP contribution in [-0.4, -0.2) is 35.5 Å². The van der Waals surface area contributed by atoms with Crippen LogP contribution >= 0.6 is 0 Å². The van der Waals surface area contributed by atoms with Gasteiger partial charge in [-0.1, -0.05) is 11.8 Å². The van der Waals surface area contributed by atoms with Crippen molar-refractivity contribution >= 4 is 29.0 Å². The van der Waals surface area contributed by atoms with Crippen molar-refractivity contribution in [3.8, 4) is 17.9 Å². The summed E-state index contributed by atoms with van der Waals surface area (Å²) in [4.78, 5) is 20.7. The Hall–Kier alpha value is -4.47. The average molecular weight is 472 g/mol. The summed E-state index contributed by atoms with van der Waals surface area (Å²) in [5.74, 6) is 6.58. The molecule has 35 heavy (non-hydrogen) atoms. The van der Waals surface area contributed by atoms with Gasteiger partial charge in [-0.2, -0.15) is 10.2 Å². The normalized spacial score (nSPS) is 10.9. The van der Waals surface area contributed by atoms with Gasteiger partial charge in [-0.05, 0) is 68.9 Å². The smallest absolute Gasteiger partial charge is 0.236 e. The zero-order chi connectivity index (χ0) is 25.0. The van der Waals surface area contributed by atoms with Crippen molar-refractivity contribution in [3.63, 3.8) is 0 Å². The molecule has 1 amide bonds. The molecule has 0 saturated carbocycles. The average Bonchev–Trinajstić information content (AvgIpc) is 2.88. The van der Waals surface area contributed by atoms with Gasteiger partial charge in [0.2, 0.25) is 11.9 Å². The van der Waals surface area contributed by atoms with Crippen LogP contribution in [-0.2, 0) is 4.79 Å². The summed E-state index contributed by atoms with van der Waals surface area (Å²) in [6, 6.07) is 14.7. The van der Waals surface area contributed by atoms with Crippen molar-refractivity contribution in [3.05, 3.63) is 71.7 Å². The molecule has 0 bridgehead atoms. The molecule has 0 aliphatic heterocycles. The molecule has 0 fully saturated rings. The van der Waals surface area contributed by atoms with Gasteiger partial charge in [0.1, 0.15) is 5.82 Å². The first kappa shape index (κ1) is 25.2. The molecule has 0 saturated heterocycles. The van der Waals surface area contributed by atoms with Gasteiger partial charge in [-0.3, -0.25) is 4.79 Å². The van der Waals surface area contributed by atoms with Crippen molar-refractivity contribution in [2.45, 2.75) is 25.8 Å². The highest BCUT2D eigenvalue weighted by molar-refractivity contribution is 5.81. The van der Waals surface area contributed by atoms with E-state index in [-0.39, 0.29) is 17.8 Å². The summed E-state index contributed by atoms with van der Waals surface area (Å²) in [5, 5.41) is 21.0. The summed E-state index contributed by atoms with van der Waals surface area (Å²) in [5.41, 5.74) is 2.51. The largest absolute Gasteiger partial charge is 0.355 e. The molecular formula is C26H26FN7O. The van der Waals surface area contributed by atoms with E-state index in [2.05, 4.69) is 49.1 Å². The number of carbonyl (C=O) groups is 1. The van der Waals surface area contributed by atoms with Crippen LogP contribution in [0.5, 0.6) is 0 Å². The second-order valence-electron chi connectivity index (χ2n) is 7.61. The molecule has 1 atom stereocenters. The highest BCUT2D eigenvalue weighted by Crippen LogP contribution is 2.21. The number of anilines is 4. The maximum Gasteiger partial charge on any atom is 0.236 e. The number of nitrogens with one attached hydrogen (secondary N) is 4. The zero-order valence-corrected chi connectivity index (χ0v) is 19.5. The third-order valence-corrected chi connectivity index (χ3v) is 4.99. The van der Waals surface area contributed by atoms with Crippen LogP contribution in [0.4, 0.5) is 27.5 Å². The van der Waals surface area contributed by atoms with Crippen molar-refractivity contribution in [1.29, 1.82) is 5.26 Å². The molecule has 4 N–H and O–H groups in total. The third kappa shape index (κ3) is 7.81. The summed E-state index contributed by atoms with van der Waals surface area (Å²) in [6.07, 6.45) is 2.89. The van der Waals surface area contributed by atoms with Crippen LogP contribution in [0.3, 0.4) is 0 Å². The molecule has 1 heterocycles. The van der Waals surface area contributed by atoms with Crippen LogP contribution in [0.15, 0.2) is 54.7 Å². The number of benzene rings is 2. The summed E-state index contributed by atoms with van der Waals surface area (Å²) < 4.78 is 13.3. The Morgan fingerprint density at radius 3 is 2.46 bits per heavy atom. The highest BCUT2D eigenvalue weighted by Gasteiger charge is 2.09. The lowest BCUT2D eigenvalue weighted by molar-refractivity contribution is -0.122. The number of likely N-dealkylation sites (N-methyl/N-ethyl adjacent to an activating group) is 1. The van der Waals surface area contributed by atoms with Gasteiger partial charge in [0.25, 0.3) is 0 Å². The Bertz CT molecular complexity index is 1240. The van der Waals surface area contributed by atoms with E-state index in [0.29, 0.717) is 48.0 Å². The number of carbonyl (C=O) groups excluding carboxylic acids is 1. The van der Waals surface area contributed by atoms with E-state index < -0.39 is 0 Å². The van der Waals surface area contributed by atoms with Crippen molar-refractivity contribution in [2.75, 3.05) is 24.2 Å². The van der Waals surface area contributed by atoms with Crippen molar-refractivity contribution in [2.24, 2.45) is 0 Å². The molecule has 0 unspecified atom stereocenters. The fourth-order valence-electron chi connectivity index (χ4n) is 2.89. The minimum Gasteiger partial charge on any atom is -0.355 e. The highest BCUT2D eigenvalue weighted by atomic mass is 19.1. The van der Waals surface area contributed by atoms with Crippen LogP contribution in [0, 0.1) is 29.0 Å².